The standard InChI is InChI=1S/C35H54O13/c1-16-30(48-32-28(41)26(39)25(38)23(14-36)47-32)27(40)29(42)31(45-16)46-19-6-9-33(2)18(13-19)4-5-22-21(33)7-10-34(3)20(8-11-35(22,34)43)17-12-24(37)44-15-17/h12,16,18-23,25-32,36,38-43H,4-11,13-15H2,1-3H3/t16-,18-,19+,20-,21+,22-,23-,25-,26+,27-,28-,29-,30+,31-,32+,33+,34-,35+/m1/s1. The number of hydrogen-bond acceptors (Lipinski definition) is 13. The van der Waals surface area contributed by atoms with Gasteiger partial charge in [-0.3, -0.25) is 0 Å². The molecule has 18 atom stereocenters. The minimum absolute atomic E-state index is 0.0345. The summed E-state index contributed by atoms with van der Waals surface area (Å²) < 4.78 is 28.8. The number of esters is 1. The summed E-state index contributed by atoms with van der Waals surface area (Å²) >= 11 is 0. The predicted molar refractivity (Wildman–Crippen MR) is 166 cm³/mol. The maximum atomic E-state index is 12.5. The predicted octanol–water partition coefficient (Wildman–Crippen LogP) is 0.280. The van der Waals surface area contributed by atoms with Gasteiger partial charge in [0.25, 0.3) is 0 Å². The van der Waals surface area contributed by atoms with E-state index in [1.165, 1.54) is 0 Å². The molecule has 6 fully saturated rings. The van der Waals surface area contributed by atoms with Gasteiger partial charge in [0.1, 0.15) is 49.3 Å². The van der Waals surface area contributed by atoms with Gasteiger partial charge in [-0.05, 0) is 99.4 Å². The Bertz CT molecular complexity index is 1240. The minimum atomic E-state index is -1.65. The van der Waals surface area contributed by atoms with E-state index in [0.29, 0.717) is 18.4 Å². The van der Waals surface area contributed by atoms with Gasteiger partial charge in [-0.25, -0.2) is 4.79 Å². The van der Waals surface area contributed by atoms with E-state index >= 15 is 0 Å². The molecule has 2 saturated heterocycles. The molecule has 0 spiro atoms. The van der Waals surface area contributed by atoms with E-state index in [0.717, 1.165) is 63.4 Å². The lowest BCUT2D eigenvalue weighted by atomic mass is 9.43. The van der Waals surface area contributed by atoms with Gasteiger partial charge in [-0.1, -0.05) is 13.8 Å². The highest BCUT2D eigenvalue weighted by Gasteiger charge is 2.68. The molecule has 272 valence electrons. The number of fused-ring (bicyclic) bond motifs is 5. The summed E-state index contributed by atoms with van der Waals surface area (Å²) in [6.07, 6.45) is -4.12. The summed E-state index contributed by atoms with van der Waals surface area (Å²) in [7, 11) is 0. The van der Waals surface area contributed by atoms with E-state index in [1.807, 2.05) is 0 Å². The summed E-state index contributed by atoms with van der Waals surface area (Å²) in [6.45, 7) is 5.97. The molecule has 0 aromatic carbocycles. The first kappa shape index (κ1) is 35.2. The van der Waals surface area contributed by atoms with Crippen molar-refractivity contribution in [2.75, 3.05) is 13.2 Å². The molecular weight excluding hydrogens is 628 g/mol. The summed E-state index contributed by atoms with van der Waals surface area (Å²) in [5, 5.41) is 74.7. The molecule has 7 rings (SSSR count). The molecule has 7 aliphatic rings. The van der Waals surface area contributed by atoms with Gasteiger partial charge in [-0.15, -0.1) is 0 Å². The Morgan fingerprint density at radius 1 is 0.833 bits per heavy atom. The molecule has 0 bridgehead atoms. The lowest BCUT2D eigenvalue weighted by molar-refractivity contribution is -0.360. The fraction of sp³-hybridized carbons (Fsp3) is 0.914. The first-order valence-corrected chi connectivity index (χ1v) is 17.9. The maximum absolute atomic E-state index is 12.5. The van der Waals surface area contributed by atoms with Crippen LogP contribution in [0.15, 0.2) is 11.6 Å². The lowest BCUT2D eigenvalue weighted by Crippen LogP contribution is -2.64. The largest absolute Gasteiger partial charge is 0.458 e. The van der Waals surface area contributed by atoms with Crippen molar-refractivity contribution in [1.29, 1.82) is 0 Å². The number of cyclic esters (lactones) is 1. The molecule has 4 saturated carbocycles. The van der Waals surface area contributed by atoms with Gasteiger partial charge in [-0.2, -0.15) is 0 Å². The summed E-state index contributed by atoms with van der Waals surface area (Å²) in [6, 6.07) is 0. The van der Waals surface area contributed by atoms with Crippen molar-refractivity contribution >= 4 is 5.97 Å². The third-order valence-electron chi connectivity index (χ3n) is 14.2. The van der Waals surface area contributed by atoms with E-state index in [4.69, 9.17) is 23.7 Å². The zero-order chi connectivity index (χ0) is 34.3. The van der Waals surface area contributed by atoms with Crippen LogP contribution in [-0.4, -0.2) is 128 Å². The van der Waals surface area contributed by atoms with Gasteiger partial charge in [0.15, 0.2) is 12.6 Å². The fourth-order valence-corrected chi connectivity index (χ4v) is 11.3. The summed E-state index contributed by atoms with van der Waals surface area (Å²) in [4.78, 5) is 11.9. The van der Waals surface area contributed by atoms with Gasteiger partial charge >= 0.3 is 5.97 Å². The number of carbonyl (C=O) groups excluding carboxylic acids is 1. The Labute approximate surface area is 281 Å². The number of aliphatic hydroxyl groups is 7. The highest BCUT2D eigenvalue weighted by Crippen LogP contribution is 2.70. The smallest absolute Gasteiger partial charge is 0.331 e. The van der Waals surface area contributed by atoms with Gasteiger partial charge in [0.05, 0.1) is 24.4 Å². The third kappa shape index (κ3) is 5.42. The second kappa shape index (κ2) is 12.8. The van der Waals surface area contributed by atoms with Gasteiger partial charge in [0.2, 0.25) is 0 Å². The molecule has 7 N–H and O–H groups in total. The third-order valence-corrected chi connectivity index (χ3v) is 14.2. The van der Waals surface area contributed by atoms with E-state index < -0.39 is 73.6 Å². The van der Waals surface area contributed by atoms with E-state index in [9.17, 15) is 40.5 Å². The Kier molecular flexibility index (Phi) is 9.36. The SMILES string of the molecule is C[C@H]1O[C@H](O[C@H]2CC[C@@]3(C)[C@H](CC[C@@H]4[C@@H]3CC[C@]3(C)[C@@H](C5=CC(=O)OC5)CC[C@]43O)C2)[C@H](O)[C@@H](O)[C@H]1O[C@@H]1O[C@H](CO)[C@@H](O)[C@H](O)[C@H]1O. The molecule has 0 aromatic heterocycles. The van der Waals surface area contributed by atoms with Gasteiger partial charge in [0, 0.05) is 11.5 Å². The number of rotatable bonds is 6. The Balaban J connectivity index is 0.977. The van der Waals surface area contributed by atoms with Crippen LogP contribution in [0.1, 0.15) is 78.6 Å². The van der Waals surface area contributed by atoms with Crippen LogP contribution in [0.25, 0.3) is 0 Å². The molecule has 0 radical (unpaired) electrons. The molecule has 3 heterocycles. The van der Waals surface area contributed by atoms with Crippen molar-refractivity contribution in [2.24, 2.45) is 34.5 Å². The maximum Gasteiger partial charge on any atom is 0.331 e. The quantitative estimate of drug-likeness (QED) is 0.149. The molecule has 13 nitrogen and oxygen atoms in total. The summed E-state index contributed by atoms with van der Waals surface area (Å²) in [5.74, 6) is 0.825. The number of ether oxygens (including phenoxy) is 5. The van der Waals surface area contributed by atoms with Crippen molar-refractivity contribution in [3.05, 3.63) is 11.6 Å². The average molecular weight is 683 g/mol. The monoisotopic (exact) mass is 682 g/mol. The van der Waals surface area contributed by atoms with Crippen molar-refractivity contribution in [1.82, 2.24) is 0 Å². The molecule has 13 heteroatoms. The van der Waals surface area contributed by atoms with Crippen molar-refractivity contribution < 1.29 is 64.2 Å². The van der Waals surface area contributed by atoms with Crippen LogP contribution in [0.5, 0.6) is 0 Å². The first-order chi connectivity index (χ1) is 22.7. The van der Waals surface area contributed by atoms with Crippen LogP contribution in [0.4, 0.5) is 0 Å². The zero-order valence-corrected chi connectivity index (χ0v) is 28.1. The van der Waals surface area contributed by atoms with Crippen molar-refractivity contribution in [3.63, 3.8) is 0 Å². The molecule has 0 unspecified atom stereocenters. The molecular formula is C35H54O13. The lowest BCUT2D eigenvalue weighted by Gasteiger charge is -2.64. The Morgan fingerprint density at radius 3 is 2.27 bits per heavy atom. The topological polar surface area (TPSA) is 205 Å². The molecule has 3 aliphatic heterocycles. The molecule has 0 amide bonds. The highest BCUT2D eigenvalue weighted by molar-refractivity contribution is 5.85. The second-order valence-corrected chi connectivity index (χ2v) is 16.3. The summed E-state index contributed by atoms with van der Waals surface area (Å²) in [5.41, 5.74) is 0.00280. The average Bonchev–Trinajstić information content (AvgIpc) is 3.61. The van der Waals surface area contributed by atoms with Gasteiger partial charge < -0.3 is 59.4 Å². The first-order valence-electron chi connectivity index (χ1n) is 17.9. The molecule has 48 heavy (non-hydrogen) atoms. The number of carbonyl (C=O) groups is 1. The minimum Gasteiger partial charge on any atom is -0.458 e. The van der Waals surface area contributed by atoms with E-state index in [2.05, 4.69) is 13.8 Å². The van der Waals surface area contributed by atoms with Crippen LogP contribution in [0.2, 0.25) is 0 Å². The zero-order valence-electron chi connectivity index (χ0n) is 28.1. The van der Waals surface area contributed by atoms with Crippen LogP contribution in [0.3, 0.4) is 0 Å². The number of hydrogen-bond donors (Lipinski definition) is 7. The highest BCUT2D eigenvalue weighted by atomic mass is 16.7. The normalized spacial score (nSPS) is 55.3. The number of aliphatic hydroxyl groups excluding tert-OH is 6. The van der Waals surface area contributed by atoms with Crippen LogP contribution < -0.4 is 0 Å². The van der Waals surface area contributed by atoms with E-state index in [1.54, 1.807) is 13.0 Å². The Hall–Kier alpha value is -1.23. The fourth-order valence-electron chi connectivity index (χ4n) is 11.3. The molecule has 4 aliphatic carbocycles. The van der Waals surface area contributed by atoms with E-state index in [-0.39, 0.29) is 34.7 Å². The van der Waals surface area contributed by atoms with Crippen molar-refractivity contribution in [3.8, 4) is 0 Å². The van der Waals surface area contributed by atoms with Crippen LogP contribution >= 0.6 is 0 Å². The molecule has 0 aromatic rings. The second-order valence-electron chi connectivity index (χ2n) is 16.3. The van der Waals surface area contributed by atoms with Crippen LogP contribution in [-0.2, 0) is 28.5 Å². The Morgan fingerprint density at radius 2 is 1.56 bits per heavy atom. The van der Waals surface area contributed by atoms with Crippen LogP contribution in [0, 0.1) is 34.5 Å². The van der Waals surface area contributed by atoms with Crippen molar-refractivity contribution in [2.45, 2.75) is 152 Å².